The van der Waals surface area contributed by atoms with Gasteiger partial charge >= 0.3 is 0 Å². The van der Waals surface area contributed by atoms with E-state index in [4.69, 9.17) is 0 Å². The molecule has 1 atom stereocenters. The highest BCUT2D eigenvalue weighted by atomic mass is 16.3. The number of likely N-dealkylation sites (N-methyl/N-ethyl adjacent to an activating group) is 1. The minimum Gasteiger partial charge on any atom is -0.389 e. The van der Waals surface area contributed by atoms with Crippen molar-refractivity contribution in [2.45, 2.75) is 32.4 Å². The lowest BCUT2D eigenvalue weighted by atomic mass is 10.0. The zero-order chi connectivity index (χ0) is 9.78. The fraction of sp³-hybridized carbons (Fsp3) is 1.00. The molecule has 3 nitrogen and oxygen atoms in total. The first-order valence-electron chi connectivity index (χ1n) is 4.44. The van der Waals surface area contributed by atoms with Crippen molar-refractivity contribution < 1.29 is 5.11 Å². The number of nitrogens with one attached hydrogen (secondary N) is 1. The van der Waals surface area contributed by atoms with Gasteiger partial charge in [-0.1, -0.05) is 0 Å². The molecule has 3 heteroatoms. The van der Waals surface area contributed by atoms with Crippen LogP contribution in [0.5, 0.6) is 0 Å². The Balaban J connectivity index is 3.51. The SMILES string of the molecule is CC(NCCN(C)C)C(C)(C)O. The molecule has 0 aliphatic carbocycles. The van der Waals surface area contributed by atoms with Gasteiger partial charge in [0.05, 0.1) is 5.60 Å². The molecular weight excluding hydrogens is 152 g/mol. The van der Waals surface area contributed by atoms with Gasteiger partial charge in [0.2, 0.25) is 0 Å². The van der Waals surface area contributed by atoms with E-state index < -0.39 is 5.60 Å². The maximum Gasteiger partial charge on any atom is 0.0741 e. The van der Waals surface area contributed by atoms with E-state index in [9.17, 15) is 5.11 Å². The third-order valence-electron chi connectivity index (χ3n) is 2.07. The number of aliphatic hydroxyl groups is 1. The molecule has 0 saturated carbocycles. The van der Waals surface area contributed by atoms with Crippen LogP contribution in [0.4, 0.5) is 0 Å². The highest BCUT2D eigenvalue weighted by Crippen LogP contribution is 2.06. The number of hydrogen-bond acceptors (Lipinski definition) is 3. The van der Waals surface area contributed by atoms with Crippen molar-refractivity contribution >= 4 is 0 Å². The number of nitrogens with zero attached hydrogens (tertiary/aromatic N) is 1. The zero-order valence-electron chi connectivity index (χ0n) is 8.89. The first-order chi connectivity index (χ1) is 5.34. The van der Waals surface area contributed by atoms with Crippen molar-refractivity contribution in [3.63, 3.8) is 0 Å². The van der Waals surface area contributed by atoms with Crippen molar-refractivity contribution in [1.82, 2.24) is 10.2 Å². The Kier molecular flexibility index (Phi) is 4.75. The van der Waals surface area contributed by atoms with Crippen LogP contribution in [0.25, 0.3) is 0 Å². The largest absolute Gasteiger partial charge is 0.389 e. The molecule has 0 bridgehead atoms. The molecule has 0 fully saturated rings. The van der Waals surface area contributed by atoms with Gasteiger partial charge < -0.3 is 15.3 Å². The molecule has 0 aromatic rings. The van der Waals surface area contributed by atoms with Crippen LogP contribution in [0.3, 0.4) is 0 Å². The molecule has 0 rings (SSSR count). The number of hydrogen-bond donors (Lipinski definition) is 2. The fourth-order valence-electron chi connectivity index (χ4n) is 0.754. The van der Waals surface area contributed by atoms with Gasteiger partial charge in [-0.05, 0) is 34.9 Å². The van der Waals surface area contributed by atoms with Gasteiger partial charge in [0.25, 0.3) is 0 Å². The Morgan fingerprint density at radius 1 is 1.42 bits per heavy atom. The van der Waals surface area contributed by atoms with Crippen LogP contribution < -0.4 is 5.32 Å². The molecule has 1 unspecified atom stereocenters. The van der Waals surface area contributed by atoms with Crippen molar-refractivity contribution in [3.05, 3.63) is 0 Å². The van der Waals surface area contributed by atoms with Gasteiger partial charge in [-0.15, -0.1) is 0 Å². The van der Waals surface area contributed by atoms with Crippen molar-refractivity contribution in [2.24, 2.45) is 0 Å². The Labute approximate surface area is 75.8 Å². The summed E-state index contributed by atoms with van der Waals surface area (Å²) in [5.74, 6) is 0. The molecule has 74 valence electrons. The average Bonchev–Trinajstić information content (AvgIpc) is 1.84. The van der Waals surface area contributed by atoms with Crippen LogP contribution in [0, 0.1) is 0 Å². The van der Waals surface area contributed by atoms with E-state index in [0.29, 0.717) is 0 Å². The molecule has 0 aliphatic rings. The van der Waals surface area contributed by atoms with Gasteiger partial charge in [-0.2, -0.15) is 0 Å². The Morgan fingerprint density at radius 2 is 1.92 bits per heavy atom. The van der Waals surface area contributed by atoms with Crippen LogP contribution in [0.15, 0.2) is 0 Å². The van der Waals surface area contributed by atoms with Crippen molar-refractivity contribution in [3.8, 4) is 0 Å². The molecule has 0 spiro atoms. The minimum absolute atomic E-state index is 0.137. The molecular formula is C9H22N2O. The van der Waals surface area contributed by atoms with Gasteiger partial charge in [0.1, 0.15) is 0 Å². The molecule has 2 N–H and O–H groups in total. The summed E-state index contributed by atoms with van der Waals surface area (Å²) >= 11 is 0. The summed E-state index contributed by atoms with van der Waals surface area (Å²) in [7, 11) is 4.08. The van der Waals surface area contributed by atoms with Gasteiger partial charge in [-0.25, -0.2) is 0 Å². The second-order valence-electron chi connectivity index (χ2n) is 4.13. The Morgan fingerprint density at radius 3 is 2.25 bits per heavy atom. The molecule has 0 aliphatic heterocycles. The summed E-state index contributed by atoms with van der Waals surface area (Å²) in [5, 5.41) is 12.8. The third kappa shape index (κ3) is 5.52. The van der Waals surface area contributed by atoms with E-state index >= 15 is 0 Å². The van der Waals surface area contributed by atoms with E-state index in [1.165, 1.54) is 0 Å². The second kappa shape index (κ2) is 4.80. The molecule has 0 aromatic carbocycles. The van der Waals surface area contributed by atoms with Crippen LogP contribution in [-0.4, -0.2) is 48.8 Å². The molecule has 0 saturated heterocycles. The summed E-state index contributed by atoms with van der Waals surface area (Å²) < 4.78 is 0. The summed E-state index contributed by atoms with van der Waals surface area (Å²) in [5.41, 5.74) is -0.633. The zero-order valence-corrected chi connectivity index (χ0v) is 8.89. The molecule has 0 amide bonds. The van der Waals surface area contributed by atoms with Crippen molar-refractivity contribution in [1.29, 1.82) is 0 Å². The topological polar surface area (TPSA) is 35.5 Å². The quantitative estimate of drug-likeness (QED) is 0.629. The van der Waals surface area contributed by atoms with Crippen LogP contribution in [-0.2, 0) is 0 Å². The first-order valence-corrected chi connectivity index (χ1v) is 4.44. The van der Waals surface area contributed by atoms with Crippen LogP contribution >= 0.6 is 0 Å². The molecule has 0 radical (unpaired) electrons. The van der Waals surface area contributed by atoms with Crippen LogP contribution in [0.1, 0.15) is 20.8 Å². The lowest BCUT2D eigenvalue weighted by Gasteiger charge is -2.27. The maximum absolute atomic E-state index is 9.58. The lowest BCUT2D eigenvalue weighted by molar-refractivity contribution is 0.0439. The van der Waals surface area contributed by atoms with Crippen molar-refractivity contribution in [2.75, 3.05) is 27.2 Å². The van der Waals surface area contributed by atoms with E-state index in [0.717, 1.165) is 13.1 Å². The number of rotatable bonds is 5. The minimum atomic E-state index is -0.633. The molecule has 0 heterocycles. The second-order valence-corrected chi connectivity index (χ2v) is 4.13. The summed E-state index contributed by atoms with van der Waals surface area (Å²) in [4.78, 5) is 2.12. The maximum atomic E-state index is 9.58. The van der Waals surface area contributed by atoms with Crippen LogP contribution in [0.2, 0.25) is 0 Å². The lowest BCUT2D eigenvalue weighted by Crippen LogP contribution is -2.46. The standard InChI is InChI=1S/C9H22N2O/c1-8(9(2,3)12)10-6-7-11(4)5/h8,10,12H,6-7H2,1-5H3. The monoisotopic (exact) mass is 174 g/mol. The van der Waals surface area contributed by atoms with Gasteiger partial charge in [0, 0.05) is 19.1 Å². The Hall–Kier alpha value is -0.120. The highest BCUT2D eigenvalue weighted by Gasteiger charge is 2.20. The van der Waals surface area contributed by atoms with E-state index in [2.05, 4.69) is 10.2 Å². The first kappa shape index (κ1) is 11.9. The highest BCUT2D eigenvalue weighted by molar-refractivity contribution is 4.79. The summed E-state index contributed by atoms with van der Waals surface area (Å²) in [6.07, 6.45) is 0. The Bertz CT molecular complexity index is 118. The third-order valence-corrected chi connectivity index (χ3v) is 2.07. The predicted octanol–water partition coefficient (Wildman–Crippen LogP) is 0.297. The summed E-state index contributed by atoms with van der Waals surface area (Å²) in [6, 6.07) is 0.137. The average molecular weight is 174 g/mol. The van der Waals surface area contributed by atoms with E-state index in [-0.39, 0.29) is 6.04 Å². The fourth-order valence-corrected chi connectivity index (χ4v) is 0.754. The van der Waals surface area contributed by atoms with E-state index in [1.54, 1.807) is 0 Å². The molecule has 0 aromatic heterocycles. The molecule has 12 heavy (non-hydrogen) atoms. The smallest absolute Gasteiger partial charge is 0.0741 e. The normalized spacial score (nSPS) is 15.2. The van der Waals surface area contributed by atoms with E-state index in [1.807, 2.05) is 34.9 Å². The van der Waals surface area contributed by atoms with Gasteiger partial charge in [0.15, 0.2) is 0 Å². The van der Waals surface area contributed by atoms with Gasteiger partial charge in [-0.3, -0.25) is 0 Å². The summed E-state index contributed by atoms with van der Waals surface area (Å²) in [6.45, 7) is 7.55. The predicted molar refractivity (Wildman–Crippen MR) is 52.3 cm³/mol.